The highest BCUT2D eigenvalue weighted by atomic mass is 79.9. The molecule has 5 heteroatoms. The molecule has 2 rings (SSSR count). The third-order valence-electron chi connectivity index (χ3n) is 2.55. The van der Waals surface area contributed by atoms with Gasteiger partial charge in [-0.25, -0.2) is 0 Å². The maximum atomic E-state index is 8.82. The number of hydrogen-bond acceptors (Lipinski definition) is 3. The van der Waals surface area contributed by atoms with Crippen LogP contribution >= 0.6 is 27.5 Å². The molecule has 0 bridgehead atoms. The lowest BCUT2D eigenvalue weighted by Gasteiger charge is -2.12. The average Bonchev–Trinajstić information content (AvgIpc) is 2.34. The van der Waals surface area contributed by atoms with Crippen LogP contribution in [0.25, 0.3) is 0 Å². The molecule has 0 heterocycles. The zero-order valence-corrected chi connectivity index (χ0v) is 12.4. The van der Waals surface area contributed by atoms with E-state index in [1.165, 1.54) is 0 Å². The lowest BCUT2D eigenvalue weighted by molar-refractivity contribution is 0.481. The number of halogens is 2. The van der Waals surface area contributed by atoms with Gasteiger partial charge < -0.3 is 10.5 Å². The van der Waals surface area contributed by atoms with E-state index < -0.39 is 0 Å². The second-order valence-corrected chi connectivity index (χ2v) is 5.32. The van der Waals surface area contributed by atoms with Crippen LogP contribution in [-0.2, 0) is 0 Å². The van der Waals surface area contributed by atoms with E-state index in [4.69, 9.17) is 27.3 Å². The molecule has 2 aromatic carbocycles. The minimum atomic E-state index is 0.355. The van der Waals surface area contributed by atoms with Crippen LogP contribution in [0.4, 0.5) is 5.69 Å². The highest BCUT2D eigenvalue weighted by molar-refractivity contribution is 9.10. The molecule has 0 radical (unpaired) electrons. The van der Waals surface area contributed by atoms with Gasteiger partial charge in [0, 0.05) is 10.5 Å². The van der Waals surface area contributed by atoms with Crippen molar-refractivity contribution in [2.45, 2.75) is 6.92 Å². The molecule has 0 unspecified atom stereocenters. The molecule has 0 aliphatic carbocycles. The van der Waals surface area contributed by atoms with Crippen molar-refractivity contribution in [3.8, 4) is 17.6 Å². The summed E-state index contributed by atoms with van der Waals surface area (Å²) in [5.74, 6) is 1.13. The fourth-order valence-corrected chi connectivity index (χ4v) is 2.47. The Hall–Kier alpha value is -1.70. The third-order valence-corrected chi connectivity index (χ3v) is 3.32. The summed E-state index contributed by atoms with van der Waals surface area (Å²) >= 11 is 9.33. The first kappa shape index (κ1) is 13.7. The molecular formula is C14H10BrClN2O. The number of anilines is 1. The van der Waals surface area contributed by atoms with Crippen LogP contribution in [0.3, 0.4) is 0 Å². The maximum absolute atomic E-state index is 8.82. The quantitative estimate of drug-likeness (QED) is 0.811. The van der Waals surface area contributed by atoms with E-state index >= 15 is 0 Å². The van der Waals surface area contributed by atoms with Gasteiger partial charge in [-0.15, -0.1) is 0 Å². The van der Waals surface area contributed by atoms with Crippen LogP contribution < -0.4 is 10.5 Å². The van der Waals surface area contributed by atoms with E-state index in [1.54, 1.807) is 24.3 Å². The number of nitrogens with zero attached hydrogens (tertiary/aromatic N) is 1. The number of benzene rings is 2. The van der Waals surface area contributed by atoms with Crippen LogP contribution in [0.2, 0.25) is 5.02 Å². The van der Waals surface area contributed by atoms with Gasteiger partial charge in [-0.05, 0) is 36.8 Å². The summed E-state index contributed by atoms with van der Waals surface area (Å²) in [6.45, 7) is 1.90. The molecule has 3 nitrogen and oxygen atoms in total. The van der Waals surface area contributed by atoms with Crippen molar-refractivity contribution in [3.63, 3.8) is 0 Å². The van der Waals surface area contributed by atoms with E-state index in [0.717, 1.165) is 10.0 Å². The molecule has 2 N–H and O–H groups in total. The van der Waals surface area contributed by atoms with Crippen LogP contribution in [0.5, 0.6) is 11.5 Å². The molecule has 0 fully saturated rings. The minimum absolute atomic E-state index is 0.355. The fourth-order valence-electron chi connectivity index (χ4n) is 1.66. The van der Waals surface area contributed by atoms with Crippen molar-refractivity contribution in [2.75, 3.05) is 5.73 Å². The number of nitrogen functional groups attached to an aromatic ring is 1. The zero-order valence-electron chi connectivity index (χ0n) is 10.1. The molecule has 19 heavy (non-hydrogen) atoms. The van der Waals surface area contributed by atoms with Crippen molar-refractivity contribution < 1.29 is 4.74 Å². The number of nitriles is 1. The van der Waals surface area contributed by atoms with Crippen LogP contribution in [-0.4, -0.2) is 0 Å². The van der Waals surface area contributed by atoms with Crippen molar-refractivity contribution in [3.05, 3.63) is 51.0 Å². The summed E-state index contributed by atoms with van der Waals surface area (Å²) in [6.07, 6.45) is 0. The molecule has 0 saturated carbocycles. The van der Waals surface area contributed by atoms with Gasteiger partial charge in [-0.2, -0.15) is 5.26 Å². The number of aryl methyl sites for hydroxylation is 1. The molecule has 0 aliphatic heterocycles. The van der Waals surface area contributed by atoms with Gasteiger partial charge in [0.1, 0.15) is 11.8 Å². The Bertz CT molecular complexity index is 657. The van der Waals surface area contributed by atoms with Gasteiger partial charge in [0.05, 0.1) is 16.3 Å². The van der Waals surface area contributed by atoms with Gasteiger partial charge >= 0.3 is 0 Å². The summed E-state index contributed by atoms with van der Waals surface area (Å²) < 4.78 is 6.63. The first-order chi connectivity index (χ1) is 9.01. The number of ether oxygens (including phenoxy) is 1. The van der Waals surface area contributed by atoms with E-state index in [0.29, 0.717) is 27.8 Å². The molecular weight excluding hydrogens is 328 g/mol. The summed E-state index contributed by atoms with van der Waals surface area (Å²) in [6, 6.07) is 10.6. The van der Waals surface area contributed by atoms with Gasteiger partial charge in [-0.1, -0.05) is 27.5 Å². The van der Waals surface area contributed by atoms with Crippen molar-refractivity contribution >= 4 is 33.2 Å². The lowest BCUT2D eigenvalue weighted by atomic mass is 10.2. The standard InChI is InChI=1S/C14H10BrClN2O/c1-8-4-10(15)5-13(18)14(8)19-11-3-2-9(7-17)12(16)6-11/h2-6H,18H2,1H3. The highest BCUT2D eigenvalue weighted by Crippen LogP contribution is 2.34. The topological polar surface area (TPSA) is 59.0 Å². The van der Waals surface area contributed by atoms with Gasteiger partial charge in [0.25, 0.3) is 0 Å². The van der Waals surface area contributed by atoms with Crippen molar-refractivity contribution in [2.24, 2.45) is 0 Å². The first-order valence-electron chi connectivity index (χ1n) is 5.44. The smallest absolute Gasteiger partial charge is 0.153 e. The predicted octanol–water partition coefficient (Wildman–Crippen LogP) is 4.66. The number of nitrogens with two attached hydrogens (primary N) is 1. The van der Waals surface area contributed by atoms with E-state index in [-0.39, 0.29) is 0 Å². The Morgan fingerprint density at radius 1 is 1.32 bits per heavy atom. The summed E-state index contributed by atoms with van der Waals surface area (Å²) in [5.41, 5.74) is 7.78. The molecule has 0 aliphatic rings. The fraction of sp³-hybridized carbons (Fsp3) is 0.0714. The SMILES string of the molecule is Cc1cc(Br)cc(N)c1Oc1ccc(C#N)c(Cl)c1. The van der Waals surface area contributed by atoms with E-state index in [9.17, 15) is 0 Å². The Kier molecular flexibility index (Phi) is 3.98. The Balaban J connectivity index is 2.37. The average molecular weight is 338 g/mol. The monoisotopic (exact) mass is 336 g/mol. The maximum Gasteiger partial charge on any atom is 0.153 e. The van der Waals surface area contributed by atoms with Crippen LogP contribution in [0.1, 0.15) is 11.1 Å². The molecule has 0 atom stereocenters. The second-order valence-electron chi connectivity index (χ2n) is 4.00. The van der Waals surface area contributed by atoms with Crippen molar-refractivity contribution in [1.29, 1.82) is 5.26 Å². The molecule has 0 amide bonds. The predicted molar refractivity (Wildman–Crippen MR) is 79.5 cm³/mol. The van der Waals surface area contributed by atoms with E-state index in [2.05, 4.69) is 15.9 Å². The first-order valence-corrected chi connectivity index (χ1v) is 6.61. The van der Waals surface area contributed by atoms with Gasteiger partial charge in [0.15, 0.2) is 5.75 Å². The Labute approximate surface area is 124 Å². The third kappa shape index (κ3) is 3.01. The molecule has 0 spiro atoms. The summed E-state index contributed by atoms with van der Waals surface area (Å²) in [5, 5.41) is 9.17. The molecule has 2 aromatic rings. The Morgan fingerprint density at radius 2 is 2.05 bits per heavy atom. The van der Waals surface area contributed by atoms with Crippen molar-refractivity contribution in [1.82, 2.24) is 0 Å². The Morgan fingerprint density at radius 3 is 2.63 bits per heavy atom. The minimum Gasteiger partial charge on any atom is -0.455 e. The zero-order chi connectivity index (χ0) is 14.0. The molecule has 0 aromatic heterocycles. The summed E-state index contributed by atoms with van der Waals surface area (Å²) in [4.78, 5) is 0. The van der Waals surface area contributed by atoms with E-state index in [1.807, 2.05) is 19.1 Å². The van der Waals surface area contributed by atoms with Gasteiger partial charge in [0.2, 0.25) is 0 Å². The number of rotatable bonds is 2. The largest absolute Gasteiger partial charge is 0.455 e. The second kappa shape index (κ2) is 5.52. The summed E-state index contributed by atoms with van der Waals surface area (Å²) in [7, 11) is 0. The molecule has 96 valence electrons. The highest BCUT2D eigenvalue weighted by Gasteiger charge is 2.09. The van der Waals surface area contributed by atoms with Gasteiger partial charge in [-0.3, -0.25) is 0 Å². The van der Waals surface area contributed by atoms with Crippen LogP contribution in [0, 0.1) is 18.3 Å². The van der Waals surface area contributed by atoms with Crippen LogP contribution in [0.15, 0.2) is 34.8 Å². The number of hydrogen-bond donors (Lipinski definition) is 1. The molecule has 0 saturated heterocycles. The lowest BCUT2D eigenvalue weighted by Crippen LogP contribution is -1.95. The normalized spacial score (nSPS) is 10.0.